The average Bonchev–Trinajstić information content (AvgIpc) is 3.26. The molecule has 0 aliphatic heterocycles. The molecule has 8 nitrogen and oxygen atoms in total. The molecule has 1 amide bonds. The fraction of sp³-hybridized carbons (Fsp3) is 0.250. The molecule has 3 aromatic rings. The van der Waals surface area contributed by atoms with Crippen LogP contribution in [0.1, 0.15) is 30.4 Å². The van der Waals surface area contributed by atoms with Crippen molar-refractivity contribution in [2.45, 2.75) is 37.3 Å². The molecule has 1 atom stereocenters. The number of rotatable bonds is 8. The van der Waals surface area contributed by atoms with Gasteiger partial charge in [-0.2, -0.15) is 4.72 Å². The number of amides is 1. The molecule has 0 radical (unpaired) electrons. The number of nitrogens with one attached hydrogen (secondary N) is 2. The number of esters is 1. The molecule has 0 aliphatic rings. The largest absolute Gasteiger partial charge is 0.459 e. The number of sulfonamides is 1. The number of ether oxygens (including phenoxy) is 1. The smallest absolute Gasteiger partial charge is 0.326 e. The Balaban J connectivity index is 1.75. The lowest BCUT2D eigenvalue weighted by molar-refractivity contribution is -0.156. The van der Waals surface area contributed by atoms with Crippen LogP contribution >= 0.6 is 11.3 Å². The number of carbonyl (C=O) groups excluding carboxylic acids is 2. The fourth-order valence-corrected chi connectivity index (χ4v) is 5.18. The van der Waals surface area contributed by atoms with Crippen molar-refractivity contribution in [1.82, 2.24) is 10.0 Å². The number of nitrogens with two attached hydrogens (primary N) is 1. The maximum absolute atomic E-state index is 12.8. The minimum Gasteiger partial charge on any atom is -0.459 e. The van der Waals surface area contributed by atoms with E-state index in [9.17, 15) is 18.0 Å². The lowest BCUT2D eigenvalue weighted by Crippen LogP contribution is -2.50. The van der Waals surface area contributed by atoms with E-state index in [2.05, 4.69) is 10.0 Å². The highest BCUT2D eigenvalue weighted by Gasteiger charge is 2.30. The van der Waals surface area contributed by atoms with Gasteiger partial charge >= 0.3 is 5.97 Å². The highest BCUT2D eigenvalue weighted by atomic mass is 32.2. The van der Waals surface area contributed by atoms with Crippen molar-refractivity contribution in [3.63, 3.8) is 0 Å². The van der Waals surface area contributed by atoms with Gasteiger partial charge in [-0.1, -0.05) is 36.4 Å². The number of benzene rings is 2. The molecule has 0 saturated carbocycles. The molecule has 0 aliphatic carbocycles. The molecule has 180 valence electrons. The summed E-state index contributed by atoms with van der Waals surface area (Å²) in [6.45, 7) is 4.73. The second-order valence-corrected chi connectivity index (χ2v) is 11.3. The molecule has 2 aromatic carbocycles. The Morgan fingerprint density at radius 3 is 2.29 bits per heavy atom. The molecule has 0 saturated heterocycles. The van der Waals surface area contributed by atoms with Crippen LogP contribution in [0, 0.1) is 0 Å². The van der Waals surface area contributed by atoms with Gasteiger partial charge in [-0.3, -0.25) is 9.59 Å². The monoisotopic (exact) mass is 501 g/mol. The molecule has 0 spiro atoms. The number of para-hydroxylation sites is 1. The van der Waals surface area contributed by atoms with E-state index in [4.69, 9.17) is 10.5 Å². The van der Waals surface area contributed by atoms with E-state index in [1.54, 1.807) is 57.2 Å². The summed E-state index contributed by atoms with van der Waals surface area (Å²) in [7, 11) is -4.02. The average molecular weight is 502 g/mol. The van der Waals surface area contributed by atoms with Crippen LogP contribution in [0.15, 0.2) is 71.6 Å². The Morgan fingerprint density at radius 2 is 1.65 bits per heavy atom. The van der Waals surface area contributed by atoms with Gasteiger partial charge < -0.3 is 15.8 Å². The fourth-order valence-electron chi connectivity index (χ4n) is 3.01. The van der Waals surface area contributed by atoms with E-state index in [-0.39, 0.29) is 11.4 Å². The normalized spacial score (nSPS) is 12.7. The predicted molar refractivity (Wildman–Crippen MR) is 133 cm³/mol. The number of carbonyl (C=O) groups is 2. The zero-order valence-electron chi connectivity index (χ0n) is 19.1. The zero-order valence-corrected chi connectivity index (χ0v) is 20.7. The van der Waals surface area contributed by atoms with Crippen LogP contribution in [0.2, 0.25) is 0 Å². The molecule has 0 bridgehead atoms. The Kier molecular flexibility index (Phi) is 7.75. The third kappa shape index (κ3) is 6.66. The van der Waals surface area contributed by atoms with Crippen LogP contribution < -0.4 is 15.8 Å². The van der Waals surface area contributed by atoms with Crippen LogP contribution in [-0.4, -0.2) is 38.5 Å². The molecule has 1 unspecified atom stereocenters. The SMILES string of the molecule is CC(C)(C)OC(=O)C(CNC(=O)c1ccc(-c2ccccc2N)s1)NS(=O)(=O)c1ccccc1. The number of nitrogen functional groups attached to an aromatic ring is 1. The van der Waals surface area contributed by atoms with Crippen molar-refractivity contribution in [1.29, 1.82) is 0 Å². The Hall–Kier alpha value is -3.21. The van der Waals surface area contributed by atoms with Crippen LogP contribution in [-0.2, 0) is 19.6 Å². The highest BCUT2D eigenvalue weighted by Crippen LogP contribution is 2.32. The van der Waals surface area contributed by atoms with Gasteiger partial charge in [0.1, 0.15) is 11.6 Å². The zero-order chi connectivity index (χ0) is 24.9. The number of thiophene rings is 1. The Bertz CT molecular complexity index is 1270. The lowest BCUT2D eigenvalue weighted by atomic mass is 10.1. The van der Waals surface area contributed by atoms with E-state index in [1.807, 2.05) is 18.2 Å². The lowest BCUT2D eigenvalue weighted by Gasteiger charge is -2.24. The van der Waals surface area contributed by atoms with Crippen LogP contribution in [0.3, 0.4) is 0 Å². The van der Waals surface area contributed by atoms with Crippen LogP contribution in [0.5, 0.6) is 0 Å². The summed E-state index contributed by atoms with van der Waals surface area (Å²) in [4.78, 5) is 26.7. The molecule has 1 aromatic heterocycles. The van der Waals surface area contributed by atoms with Gasteiger partial charge in [-0.25, -0.2) is 8.42 Å². The molecule has 10 heteroatoms. The van der Waals surface area contributed by atoms with Crippen molar-refractivity contribution in [2.75, 3.05) is 12.3 Å². The van der Waals surface area contributed by atoms with Crippen LogP contribution in [0.25, 0.3) is 10.4 Å². The van der Waals surface area contributed by atoms with Crippen molar-refractivity contribution >= 4 is 38.9 Å². The molecule has 34 heavy (non-hydrogen) atoms. The Labute approximate surface area is 203 Å². The van der Waals surface area contributed by atoms with Crippen molar-refractivity contribution < 1.29 is 22.7 Å². The van der Waals surface area contributed by atoms with Crippen molar-refractivity contribution in [3.05, 3.63) is 71.6 Å². The summed E-state index contributed by atoms with van der Waals surface area (Å²) < 4.78 is 33.3. The van der Waals surface area contributed by atoms with Crippen molar-refractivity contribution in [3.8, 4) is 10.4 Å². The van der Waals surface area contributed by atoms with Gasteiger partial charge in [0.15, 0.2) is 0 Å². The third-order valence-corrected chi connectivity index (χ3v) is 7.17. The maximum Gasteiger partial charge on any atom is 0.326 e. The van der Waals surface area contributed by atoms with Crippen LogP contribution in [0.4, 0.5) is 5.69 Å². The van der Waals surface area contributed by atoms with E-state index in [0.717, 1.165) is 10.4 Å². The van der Waals surface area contributed by atoms with E-state index in [0.29, 0.717) is 10.6 Å². The quantitative estimate of drug-likeness (QED) is 0.321. The molecule has 4 N–H and O–H groups in total. The number of hydrogen-bond donors (Lipinski definition) is 3. The standard InChI is InChI=1S/C24H27N3O5S2/c1-24(2,3)32-23(29)19(27-34(30,31)16-9-5-4-6-10-16)15-26-22(28)21-14-13-20(33-21)17-11-7-8-12-18(17)25/h4-14,19,27H,15,25H2,1-3H3,(H,26,28). The first-order chi connectivity index (χ1) is 16.0. The highest BCUT2D eigenvalue weighted by molar-refractivity contribution is 7.89. The van der Waals surface area contributed by atoms with Gasteiger partial charge in [0.2, 0.25) is 10.0 Å². The second-order valence-electron chi connectivity index (χ2n) is 8.48. The van der Waals surface area contributed by atoms with E-state index >= 15 is 0 Å². The summed E-state index contributed by atoms with van der Waals surface area (Å²) in [6.07, 6.45) is 0. The van der Waals surface area contributed by atoms with Gasteiger partial charge in [0, 0.05) is 22.7 Å². The van der Waals surface area contributed by atoms with Gasteiger partial charge in [-0.05, 0) is 51.1 Å². The summed E-state index contributed by atoms with van der Waals surface area (Å²) in [6, 6.07) is 17.1. The Morgan fingerprint density at radius 1 is 1.00 bits per heavy atom. The van der Waals surface area contributed by atoms with E-state index in [1.165, 1.54) is 23.5 Å². The molecular formula is C24H27N3O5S2. The second kappa shape index (κ2) is 10.4. The molecular weight excluding hydrogens is 474 g/mol. The first kappa shape index (κ1) is 25.4. The summed E-state index contributed by atoms with van der Waals surface area (Å²) in [5, 5.41) is 2.63. The van der Waals surface area contributed by atoms with Gasteiger partial charge in [0.25, 0.3) is 5.91 Å². The van der Waals surface area contributed by atoms with Crippen molar-refractivity contribution in [2.24, 2.45) is 0 Å². The molecule has 0 fully saturated rings. The minimum absolute atomic E-state index is 0.00164. The molecule has 1 heterocycles. The first-order valence-corrected chi connectivity index (χ1v) is 12.8. The predicted octanol–water partition coefficient (Wildman–Crippen LogP) is 3.42. The van der Waals surface area contributed by atoms with Gasteiger partial charge in [-0.15, -0.1) is 11.3 Å². The first-order valence-electron chi connectivity index (χ1n) is 10.5. The van der Waals surface area contributed by atoms with E-state index < -0.39 is 33.5 Å². The third-order valence-electron chi connectivity index (χ3n) is 4.56. The number of hydrogen-bond acceptors (Lipinski definition) is 7. The molecule has 3 rings (SSSR count). The topological polar surface area (TPSA) is 128 Å². The number of anilines is 1. The summed E-state index contributed by atoms with van der Waals surface area (Å²) in [5.41, 5.74) is 6.59. The summed E-state index contributed by atoms with van der Waals surface area (Å²) >= 11 is 1.24. The summed E-state index contributed by atoms with van der Waals surface area (Å²) in [5.74, 6) is -1.24. The minimum atomic E-state index is -4.02. The maximum atomic E-state index is 12.8. The van der Waals surface area contributed by atoms with Gasteiger partial charge in [0.05, 0.1) is 9.77 Å².